The molecule has 4 rings (SSSR count). The number of nitrogens with one attached hydrogen (secondary N) is 1. The third-order valence-electron chi connectivity index (χ3n) is 5.69. The van der Waals surface area contributed by atoms with Crippen molar-refractivity contribution in [2.24, 2.45) is 16.5 Å². The van der Waals surface area contributed by atoms with Crippen LogP contribution >= 0.6 is 0 Å². The van der Waals surface area contributed by atoms with Gasteiger partial charge in [0.25, 0.3) is 0 Å². The van der Waals surface area contributed by atoms with Gasteiger partial charge in [0.2, 0.25) is 0 Å². The van der Waals surface area contributed by atoms with E-state index in [0.29, 0.717) is 24.7 Å². The number of allylic oxidation sites excluding steroid dienone is 1. The normalized spacial score (nSPS) is 15.1. The van der Waals surface area contributed by atoms with Crippen molar-refractivity contribution in [1.29, 1.82) is 0 Å². The lowest BCUT2D eigenvalue weighted by molar-refractivity contribution is 0.284. The molecule has 5 N–H and O–H groups in total. The maximum atomic E-state index is 6.37. The fraction of sp³-hybridized carbons (Fsp3) is 0.231. The van der Waals surface area contributed by atoms with Crippen molar-refractivity contribution in [2.45, 2.75) is 19.4 Å². The molecule has 2 aromatic carbocycles. The Kier molecular flexibility index (Phi) is 7.37. The van der Waals surface area contributed by atoms with Crippen molar-refractivity contribution in [3.63, 3.8) is 0 Å². The highest BCUT2D eigenvalue weighted by Gasteiger charge is 2.28. The number of nitrogens with two attached hydrogens (primary N) is 2. The number of hydrogen-bond acceptors (Lipinski definition) is 9. The molecule has 9 heteroatoms. The number of pyridine rings is 1. The number of benzene rings is 2. The molecule has 2 heterocycles. The van der Waals surface area contributed by atoms with E-state index in [1.807, 2.05) is 53.4 Å². The van der Waals surface area contributed by atoms with E-state index in [1.54, 1.807) is 33.7 Å². The Hall–Kier alpha value is -4.24. The molecule has 0 saturated heterocycles. The number of methoxy groups -OCH3 is 2. The maximum absolute atomic E-state index is 6.37. The van der Waals surface area contributed by atoms with Crippen molar-refractivity contribution in [3.8, 4) is 17.2 Å². The fourth-order valence-electron chi connectivity index (χ4n) is 3.85. The van der Waals surface area contributed by atoms with E-state index >= 15 is 0 Å². The number of ether oxygens (including phenoxy) is 3. The first-order valence-corrected chi connectivity index (χ1v) is 11.1. The molecule has 1 atom stereocenters. The maximum Gasteiger partial charge on any atom is 0.161 e. The molecular formula is C26H30N6O3. The number of fused-ring (bicyclic) bond motifs is 1. The molecule has 1 aliphatic rings. The summed E-state index contributed by atoms with van der Waals surface area (Å²) in [6.07, 6.45) is 4.55. The third kappa shape index (κ3) is 5.30. The second-order valence-corrected chi connectivity index (χ2v) is 7.94. The number of aliphatic imine (C=N–C) groups is 1. The highest BCUT2D eigenvalue weighted by Crippen LogP contribution is 2.35. The molecule has 0 fully saturated rings. The number of anilines is 2. The molecule has 0 amide bonds. The lowest BCUT2D eigenvalue weighted by atomic mass is 10.1. The molecule has 1 aliphatic heterocycles. The largest absolute Gasteiger partial charge is 0.497 e. The van der Waals surface area contributed by atoms with Gasteiger partial charge in [-0.3, -0.25) is 10.7 Å². The van der Waals surface area contributed by atoms with Crippen molar-refractivity contribution in [2.75, 3.05) is 31.5 Å². The quantitative estimate of drug-likeness (QED) is 0.404. The molecule has 0 bridgehead atoms. The molecular weight excluding hydrogens is 444 g/mol. The van der Waals surface area contributed by atoms with E-state index in [0.717, 1.165) is 39.5 Å². The minimum Gasteiger partial charge on any atom is -0.497 e. The Balaban J connectivity index is 1.48. The lowest BCUT2D eigenvalue weighted by Crippen LogP contribution is -2.42. The average molecular weight is 475 g/mol. The smallest absolute Gasteiger partial charge is 0.161 e. The van der Waals surface area contributed by atoms with Gasteiger partial charge in [-0.05, 0) is 41.5 Å². The van der Waals surface area contributed by atoms with Crippen LogP contribution in [0.1, 0.15) is 16.7 Å². The average Bonchev–Trinajstić information content (AvgIpc) is 3.20. The zero-order valence-corrected chi connectivity index (χ0v) is 20.1. The topological polar surface area (TPSA) is 120 Å². The summed E-state index contributed by atoms with van der Waals surface area (Å²) in [5.41, 5.74) is 16.6. The summed E-state index contributed by atoms with van der Waals surface area (Å²) >= 11 is 0. The van der Waals surface area contributed by atoms with E-state index in [1.165, 1.54) is 6.20 Å². The summed E-state index contributed by atoms with van der Waals surface area (Å²) in [7, 11) is 4.97. The Morgan fingerprint density at radius 2 is 1.86 bits per heavy atom. The fourth-order valence-corrected chi connectivity index (χ4v) is 3.85. The highest BCUT2D eigenvalue weighted by atomic mass is 16.5. The van der Waals surface area contributed by atoms with Crippen molar-refractivity contribution < 1.29 is 14.2 Å². The van der Waals surface area contributed by atoms with Crippen molar-refractivity contribution in [3.05, 3.63) is 77.6 Å². The Morgan fingerprint density at radius 3 is 2.54 bits per heavy atom. The van der Waals surface area contributed by atoms with Crippen LogP contribution in [0, 0.1) is 0 Å². The Bertz CT molecular complexity index is 1230. The molecule has 0 saturated carbocycles. The van der Waals surface area contributed by atoms with E-state index in [4.69, 9.17) is 25.7 Å². The SMILES string of the molecule is CN=CC(=CN)c1cnc2c(c1)NC(N)N2Cc1ccc(OCc2ccc(OC)cc2)c(OC)c1. The van der Waals surface area contributed by atoms with Gasteiger partial charge in [0.05, 0.1) is 19.9 Å². The highest BCUT2D eigenvalue weighted by molar-refractivity contribution is 6.10. The van der Waals surface area contributed by atoms with Gasteiger partial charge < -0.3 is 30.2 Å². The van der Waals surface area contributed by atoms with Gasteiger partial charge in [0, 0.05) is 43.3 Å². The Labute approximate surface area is 205 Å². The lowest BCUT2D eigenvalue weighted by Gasteiger charge is -2.23. The van der Waals surface area contributed by atoms with E-state index in [2.05, 4.69) is 15.3 Å². The standard InChI is InChI=1S/C26H30N6O3/c1-29-13-20(12-27)19-11-22-25(30-14-19)32(26(28)31-22)15-18-6-9-23(24(10-18)34-3)35-16-17-4-7-21(33-2)8-5-17/h4-14,26,31H,15-16,27-28H2,1-3H3. The summed E-state index contributed by atoms with van der Waals surface area (Å²) < 4.78 is 16.8. The van der Waals surface area contributed by atoms with E-state index in [-0.39, 0.29) is 0 Å². The summed E-state index contributed by atoms with van der Waals surface area (Å²) in [6, 6.07) is 15.6. The van der Waals surface area contributed by atoms with Crippen molar-refractivity contribution >= 4 is 23.3 Å². The number of hydrogen-bond donors (Lipinski definition) is 3. The molecule has 9 nitrogen and oxygen atoms in total. The third-order valence-corrected chi connectivity index (χ3v) is 5.69. The predicted octanol–water partition coefficient (Wildman–Crippen LogP) is 3.35. The van der Waals surface area contributed by atoms with Crippen LogP contribution in [0.2, 0.25) is 0 Å². The molecule has 1 unspecified atom stereocenters. The van der Waals surface area contributed by atoms with E-state index < -0.39 is 6.29 Å². The number of rotatable bonds is 9. The molecule has 182 valence electrons. The Morgan fingerprint density at radius 1 is 1.09 bits per heavy atom. The summed E-state index contributed by atoms with van der Waals surface area (Å²) in [4.78, 5) is 10.7. The summed E-state index contributed by atoms with van der Waals surface area (Å²) in [6.45, 7) is 0.959. The van der Waals surface area contributed by atoms with Crippen LogP contribution < -0.4 is 35.9 Å². The first kappa shape index (κ1) is 23.9. The van der Waals surface area contributed by atoms with Gasteiger partial charge in [-0.2, -0.15) is 0 Å². The zero-order chi connectivity index (χ0) is 24.8. The van der Waals surface area contributed by atoms with Crippen LogP contribution in [-0.4, -0.2) is 38.8 Å². The van der Waals surface area contributed by atoms with Crippen LogP contribution in [0.5, 0.6) is 17.2 Å². The summed E-state index contributed by atoms with van der Waals surface area (Å²) in [5.74, 6) is 2.89. The van der Waals surface area contributed by atoms with Gasteiger partial charge >= 0.3 is 0 Å². The predicted molar refractivity (Wildman–Crippen MR) is 139 cm³/mol. The molecule has 0 radical (unpaired) electrons. The monoisotopic (exact) mass is 474 g/mol. The zero-order valence-electron chi connectivity index (χ0n) is 20.1. The summed E-state index contributed by atoms with van der Waals surface area (Å²) in [5, 5.41) is 3.28. The molecule has 35 heavy (non-hydrogen) atoms. The van der Waals surface area contributed by atoms with E-state index in [9.17, 15) is 0 Å². The number of nitrogens with zero attached hydrogens (tertiary/aromatic N) is 3. The van der Waals surface area contributed by atoms with Crippen LogP contribution in [-0.2, 0) is 13.2 Å². The first-order valence-electron chi connectivity index (χ1n) is 11.1. The van der Waals surface area contributed by atoms with Gasteiger partial charge in [0.15, 0.2) is 23.6 Å². The van der Waals surface area contributed by atoms with Crippen LogP contribution in [0.25, 0.3) is 5.57 Å². The van der Waals surface area contributed by atoms with Crippen LogP contribution in [0.4, 0.5) is 11.5 Å². The first-order chi connectivity index (χ1) is 17.1. The second-order valence-electron chi connectivity index (χ2n) is 7.94. The number of aromatic nitrogens is 1. The minimum atomic E-state index is -0.421. The molecule has 3 aromatic rings. The van der Waals surface area contributed by atoms with Crippen LogP contribution in [0.15, 0.2) is 65.9 Å². The van der Waals surface area contributed by atoms with Gasteiger partial charge in [-0.1, -0.05) is 18.2 Å². The molecule has 1 aromatic heterocycles. The van der Waals surface area contributed by atoms with Crippen LogP contribution in [0.3, 0.4) is 0 Å². The molecule has 0 aliphatic carbocycles. The second kappa shape index (κ2) is 10.8. The van der Waals surface area contributed by atoms with Gasteiger partial charge in [-0.15, -0.1) is 0 Å². The minimum absolute atomic E-state index is 0.419. The van der Waals surface area contributed by atoms with Gasteiger partial charge in [-0.25, -0.2) is 4.98 Å². The molecule has 0 spiro atoms. The van der Waals surface area contributed by atoms with Gasteiger partial charge in [0.1, 0.15) is 12.4 Å². The van der Waals surface area contributed by atoms with Crippen molar-refractivity contribution in [1.82, 2.24) is 4.98 Å².